The molecule has 0 aliphatic rings. The second-order valence-corrected chi connectivity index (χ2v) is 6.23. The van der Waals surface area contributed by atoms with Gasteiger partial charge in [-0.1, -0.05) is 46.9 Å². The van der Waals surface area contributed by atoms with Crippen molar-refractivity contribution < 1.29 is 9.59 Å². The Morgan fingerprint density at radius 2 is 1.62 bits per heavy atom. The number of nitrogens with one attached hydrogen (secondary N) is 2. The van der Waals surface area contributed by atoms with Crippen LogP contribution < -0.4 is 16.4 Å². The molecular weight excluding hydrogens is 373 g/mol. The number of carbonyl (C=O) groups is 2. The minimum atomic E-state index is -0.656. The van der Waals surface area contributed by atoms with Gasteiger partial charge in [0.05, 0.1) is 26.3 Å². The molecule has 2 amide bonds. The Hall–Kier alpha value is -1.95. The first-order valence-corrected chi connectivity index (χ1v) is 8.03. The molecule has 0 aliphatic carbocycles. The first-order valence-electron chi connectivity index (χ1n) is 6.90. The lowest BCUT2D eigenvalue weighted by atomic mass is 10.1. The fraction of sp³-hybridized carbons (Fsp3) is 0.125. The molecule has 0 saturated heterocycles. The third-order valence-electron chi connectivity index (χ3n) is 3.23. The van der Waals surface area contributed by atoms with E-state index in [1.165, 1.54) is 12.1 Å². The van der Waals surface area contributed by atoms with Gasteiger partial charge in [-0.25, -0.2) is 0 Å². The van der Waals surface area contributed by atoms with Crippen LogP contribution in [0.5, 0.6) is 0 Å². The van der Waals surface area contributed by atoms with Crippen LogP contribution in [0.2, 0.25) is 15.1 Å². The number of rotatable bonds is 5. The maximum absolute atomic E-state index is 12.3. The van der Waals surface area contributed by atoms with Crippen molar-refractivity contribution in [3.05, 3.63) is 57.0 Å². The highest BCUT2D eigenvalue weighted by atomic mass is 35.5. The molecule has 0 unspecified atom stereocenters. The average molecular weight is 387 g/mol. The van der Waals surface area contributed by atoms with Crippen molar-refractivity contribution in [2.75, 3.05) is 10.6 Å². The molecule has 4 N–H and O–H groups in total. The molecular formula is C16H14Cl3N3O2. The lowest BCUT2D eigenvalue weighted by molar-refractivity contribution is -0.116. The summed E-state index contributed by atoms with van der Waals surface area (Å²) >= 11 is 17.8. The summed E-state index contributed by atoms with van der Waals surface area (Å²) in [6, 6.07) is 8.91. The second kappa shape index (κ2) is 7.75. The summed E-state index contributed by atoms with van der Waals surface area (Å²) in [5.74, 6) is -0.951. The summed E-state index contributed by atoms with van der Waals surface area (Å²) in [7, 11) is 0. The van der Waals surface area contributed by atoms with Crippen LogP contribution in [0.15, 0.2) is 36.4 Å². The molecule has 8 heteroatoms. The topological polar surface area (TPSA) is 84.2 Å². The van der Waals surface area contributed by atoms with E-state index >= 15 is 0 Å². The standard InChI is InChI=1S/C16H14Cl3N3O2/c1-8(21-13-5-3-2-4-9(13)15(20)23)16(24)22-14-7-11(18)10(17)6-12(14)19/h2-8,21H,1H3,(H2,20,23)(H,22,24)/t8-/m1/s1. The Balaban J connectivity index is 2.14. The van der Waals surface area contributed by atoms with Crippen LogP contribution in [-0.4, -0.2) is 17.9 Å². The Morgan fingerprint density at radius 3 is 2.29 bits per heavy atom. The van der Waals surface area contributed by atoms with Crippen LogP contribution in [0.3, 0.4) is 0 Å². The van der Waals surface area contributed by atoms with Crippen LogP contribution >= 0.6 is 34.8 Å². The average Bonchev–Trinajstić information content (AvgIpc) is 2.52. The van der Waals surface area contributed by atoms with Crippen molar-refractivity contribution in [1.82, 2.24) is 0 Å². The van der Waals surface area contributed by atoms with Gasteiger partial charge in [-0.3, -0.25) is 9.59 Å². The SMILES string of the molecule is C[C@@H](Nc1ccccc1C(N)=O)C(=O)Nc1cc(Cl)c(Cl)cc1Cl. The zero-order valence-electron chi connectivity index (χ0n) is 12.6. The molecule has 0 bridgehead atoms. The Morgan fingerprint density at radius 1 is 1.00 bits per heavy atom. The highest BCUT2D eigenvalue weighted by Crippen LogP contribution is 2.32. The zero-order chi connectivity index (χ0) is 17.9. The minimum Gasteiger partial charge on any atom is -0.373 e. The number of anilines is 2. The van der Waals surface area contributed by atoms with Crippen molar-refractivity contribution in [3.63, 3.8) is 0 Å². The highest BCUT2D eigenvalue weighted by Gasteiger charge is 2.17. The number of primary amides is 1. The number of halogens is 3. The predicted octanol–water partition coefficient (Wildman–Crippen LogP) is 4.18. The maximum Gasteiger partial charge on any atom is 0.250 e. The maximum atomic E-state index is 12.3. The first-order chi connectivity index (χ1) is 11.3. The van der Waals surface area contributed by atoms with Crippen molar-refractivity contribution in [1.29, 1.82) is 0 Å². The van der Waals surface area contributed by atoms with Crippen LogP contribution in [0.1, 0.15) is 17.3 Å². The highest BCUT2D eigenvalue weighted by molar-refractivity contribution is 6.44. The summed E-state index contributed by atoms with van der Waals surface area (Å²) in [6.45, 7) is 1.64. The smallest absolute Gasteiger partial charge is 0.250 e. The van der Waals surface area contributed by atoms with Gasteiger partial charge in [0.25, 0.3) is 5.91 Å². The molecule has 2 aromatic rings. The number of para-hydroxylation sites is 1. The number of benzene rings is 2. The van der Waals surface area contributed by atoms with Gasteiger partial charge in [-0.2, -0.15) is 0 Å². The molecule has 2 aromatic carbocycles. The molecule has 5 nitrogen and oxygen atoms in total. The van der Waals surface area contributed by atoms with E-state index in [1.54, 1.807) is 31.2 Å². The van der Waals surface area contributed by atoms with Gasteiger partial charge >= 0.3 is 0 Å². The van der Waals surface area contributed by atoms with Gasteiger partial charge < -0.3 is 16.4 Å². The number of hydrogen-bond acceptors (Lipinski definition) is 3. The lowest BCUT2D eigenvalue weighted by Crippen LogP contribution is -2.32. The molecule has 2 rings (SSSR count). The van der Waals surface area contributed by atoms with E-state index in [2.05, 4.69) is 10.6 Å². The third-order valence-corrected chi connectivity index (χ3v) is 4.26. The van der Waals surface area contributed by atoms with Crippen molar-refractivity contribution in [3.8, 4) is 0 Å². The van der Waals surface area contributed by atoms with E-state index in [-0.39, 0.29) is 16.0 Å². The van der Waals surface area contributed by atoms with Crippen molar-refractivity contribution in [2.45, 2.75) is 13.0 Å². The van der Waals surface area contributed by atoms with Gasteiger partial charge in [-0.05, 0) is 31.2 Å². The number of hydrogen-bond donors (Lipinski definition) is 3. The van der Waals surface area contributed by atoms with Gasteiger partial charge in [0.1, 0.15) is 6.04 Å². The molecule has 0 saturated carbocycles. The molecule has 0 heterocycles. The van der Waals surface area contributed by atoms with E-state index < -0.39 is 11.9 Å². The largest absolute Gasteiger partial charge is 0.373 e. The second-order valence-electron chi connectivity index (χ2n) is 5.01. The Bertz CT molecular complexity index is 796. The Labute approximate surface area is 154 Å². The quantitative estimate of drug-likeness (QED) is 0.674. The van der Waals surface area contributed by atoms with Crippen LogP contribution in [0.25, 0.3) is 0 Å². The van der Waals surface area contributed by atoms with Crippen LogP contribution in [0.4, 0.5) is 11.4 Å². The van der Waals surface area contributed by atoms with Gasteiger partial charge in [0.15, 0.2) is 0 Å². The monoisotopic (exact) mass is 385 g/mol. The molecule has 1 atom stereocenters. The normalized spacial score (nSPS) is 11.7. The third kappa shape index (κ3) is 4.32. The summed E-state index contributed by atoms with van der Waals surface area (Å²) in [4.78, 5) is 23.7. The molecule has 0 radical (unpaired) electrons. The van der Waals surface area contributed by atoms with Crippen molar-refractivity contribution >= 4 is 58.0 Å². The van der Waals surface area contributed by atoms with E-state index in [0.717, 1.165) is 0 Å². The number of amides is 2. The fourth-order valence-corrected chi connectivity index (χ4v) is 2.58. The van der Waals surface area contributed by atoms with E-state index in [9.17, 15) is 9.59 Å². The minimum absolute atomic E-state index is 0.266. The molecule has 0 aliphatic heterocycles. The van der Waals surface area contributed by atoms with Crippen molar-refractivity contribution in [2.24, 2.45) is 5.73 Å². The van der Waals surface area contributed by atoms with Crippen LogP contribution in [0, 0.1) is 0 Å². The summed E-state index contributed by atoms with van der Waals surface area (Å²) < 4.78 is 0. The molecule has 126 valence electrons. The Kier molecular flexibility index (Phi) is 5.94. The molecule has 0 aromatic heterocycles. The lowest BCUT2D eigenvalue weighted by Gasteiger charge is -2.17. The van der Waals surface area contributed by atoms with Crippen LogP contribution in [-0.2, 0) is 4.79 Å². The summed E-state index contributed by atoms with van der Waals surface area (Å²) in [5.41, 5.74) is 6.42. The first kappa shape index (κ1) is 18.4. The summed E-state index contributed by atoms with van der Waals surface area (Å²) in [6.07, 6.45) is 0. The summed E-state index contributed by atoms with van der Waals surface area (Å²) in [5, 5.41) is 6.43. The number of nitrogens with two attached hydrogens (primary N) is 1. The number of carbonyl (C=O) groups excluding carboxylic acids is 2. The van der Waals surface area contributed by atoms with E-state index in [4.69, 9.17) is 40.5 Å². The molecule has 0 spiro atoms. The predicted molar refractivity (Wildman–Crippen MR) is 98.1 cm³/mol. The molecule has 24 heavy (non-hydrogen) atoms. The van der Waals surface area contributed by atoms with Gasteiger partial charge in [-0.15, -0.1) is 0 Å². The van der Waals surface area contributed by atoms with E-state index in [1.807, 2.05) is 0 Å². The fourth-order valence-electron chi connectivity index (χ4n) is 1.98. The zero-order valence-corrected chi connectivity index (χ0v) is 14.8. The van der Waals surface area contributed by atoms with Gasteiger partial charge in [0.2, 0.25) is 5.91 Å². The van der Waals surface area contributed by atoms with Gasteiger partial charge in [0, 0.05) is 5.69 Å². The van der Waals surface area contributed by atoms with E-state index in [0.29, 0.717) is 22.0 Å². The molecule has 0 fully saturated rings.